The Morgan fingerprint density at radius 1 is 1.24 bits per heavy atom. The van der Waals surface area contributed by atoms with Gasteiger partial charge in [-0.3, -0.25) is 0 Å². The average Bonchev–Trinajstić information content (AvgIpc) is 2.90. The molecular formula is C11H13F2N5O3. The Morgan fingerprint density at radius 2 is 1.95 bits per heavy atom. The van der Waals surface area contributed by atoms with E-state index in [0.29, 0.717) is 0 Å². The lowest BCUT2D eigenvalue weighted by molar-refractivity contribution is -0.101. The van der Waals surface area contributed by atoms with Gasteiger partial charge in [-0.2, -0.15) is 0 Å². The van der Waals surface area contributed by atoms with Gasteiger partial charge in [-0.25, -0.2) is 23.7 Å². The molecule has 1 aliphatic rings. The van der Waals surface area contributed by atoms with E-state index in [1.807, 2.05) is 0 Å². The summed E-state index contributed by atoms with van der Waals surface area (Å²) in [6, 6.07) is -1.80. The highest BCUT2D eigenvalue weighted by Crippen LogP contribution is 2.48. The minimum absolute atomic E-state index is 0.0220. The third kappa shape index (κ3) is 1.79. The van der Waals surface area contributed by atoms with Crippen molar-refractivity contribution in [3.05, 3.63) is 12.7 Å². The highest BCUT2D eigenvalue weighted by atomic mass is 19.3. The van der Waals surface area contributed by atoms with Crippen molar-refractivity contribution in [1.29, 1.82) is 0 Å². The lowest BCUT2D eigenvalue weighted by Crippen LogP contribution is -2.36. The first-order chi connectivity index (χ1) is 9.89. The van der Waals surface area contributed by atoms with E-state index in [1.54, 1.807) is 0 Å². The number of nitrogen functional groups attached to an aromatic ring is 1. The van der Waals surface area contributed by atoms with Crippen LogP contribution in [-0.4, -0.2) is 59.6 Å². The first kappa shape index (κ1) is 14.0. The molecule has 2 aromatic rings. The number of aliphatic hydroxyl groups is 3. The Morgan fingerprint density at radius 3 is 2.57 bits per heavy atom. The maximum Gasteiger partial charge on any atom is 0.278 e. The number of imidazole rings is 1. The summed E-state index contributed by atoms with van der Waals surface area (Å²) in [6.07, 6.45) is -1.38. The standard InChI is InChI=1S/C11H13F2N5O3/c12-11(13)4(1-19)6(20)7(21)8(11)18-3-17-5-9(14)15-2-16-10(5)18/h2-4,6-8,19-21H,1H2,(H2,14,15,16)/t4-,6?,7+,8+/m1/s1. The fraction of sp³-hybridized carbons (Fsp3) is 0.545. The molecule has 2 aromatic heterocycles. The molecule has 0 saturated heterocycles. The highest BCUT2D eigenvalue weighted by Gasteiger charge is 2.63. The molecule has 3 rings (SSSR count). The minimum atomic E-state index is -3.54. The van der Waals surface area contributed by atoms with E-state index in [9.17, 15) is 19.0 Å². The average molecular weight is 301 g/mol. The van der Waals surface area contributed by atoms with Crippen molar-refractivity contribution in [3.8, 4) is 0 Å². The van der Waals surface area contributed by atoms with Gasteiger partial charge in [-0.15, -0.1) is 0 Å². The van der Waals surface area contributed by atoms with Crippen LogP contribution in [0.4, 0.5) is 14.6 Å². The monoisotopic (exact) mass is 301 g/mol. The number of alkyl halides is 2. The number of anilines is 1. The molecule has 0 aromatic carbocycles. The third-order valence-corrected chi connectivity index (χ3v) is 3.86. The molecule has 1 unspecified atom stereocenters. The molecule has 0 aliphatic heterocycles. The highest BCUT2D eigenvalue weighted by molar-refractivity contribution is 5.81. The lowest BCUT2D eigenvalue weighted by Gasteiger charge is -2.25. The van der Waals surface area contributed by atoms with Gasteiger partial charge in [0.25, 0.3) is 5.92 Å². The second-order valence-corrected chi connectivity index (χ2v) is 4.97. The Bertz CT molecular complexity index is 679. The fourth-order valence-electron chi connectivity index (χ4n) is 2.75. The summed E-state index contributed by atoms with van der Waals surface area (Å²) in [5, 5.41) is 28.7. The van der Waals surface area contributed by atoms with Crippen LogP contribution in [0.3, 0.4) is 0 Å². The maximum atomic E-state index is 14.4. The molecule has 10 heteroatoms. The summed E-state index contributed by atoms with van der Waals surface area (Å²) in [4.78, 5) is 11.4. The van der Waals surface area contributed by atoms with Gasteiger partial charge in [0, 0.05) is 0 Å². The first-order valence-electron chi connectivity index (χ1n) is 6.17. The second-order valence-electron chi connectivity index (χ2n) is 4.97. The van der Waals surface area contributed by atoms with E-state index in [2.05, 4.69) is 15.0 Å². The summed E-state index contributed by atoms with van der Waals surface area (Å²) in [6.45, 7) is -0.953. The maximum absolute atomic E-state index is 14.4. The topological polar surface area (TPSA) is 130 Å². The quantitative estimate of drug-likeness (QED) is 0.555. The number of hydrogen-bond donors (Lipinski definition) is 4. The number of nitrogens with zero attached hydrogens (tertiary/aromatic N) is 4. The number of hydrogen-bond acceptors (Lipinski definition) is 7. The second kappa shape index (κ2) is 4.55. The molecule has 5 N–H and O–H groups in total. The Hall–Kier alpha value is -1.91. The zero-order valence-electron chi connectivity index (χ0n) is 10.6. The Labute approximate surface area is 116 Å². The third-order valence-electron chi connectivity index (χ3n) is 3.86. The molecule has 2 heterocycles. The van der Waals surface area contributed by atoms with E-state index >= 15 is 0 Å². The predicted molar refractivity (Wildman–Crippen MR) is 66.3 cm³/mol. The van der Waals surface area contributed by atoms with Gasteiger partial charge >= 0.3 is 0 Å². The van der Waals surface area contributed by atoms with Crippen LogP contribution in [0.25, 0.3) is 11.2 Å². The largest absolute Gasteiger partial charge is 0.396 e. The van der Waals surface area contributed by atoms with Crippen molar-refractivity contribution < 1.29 is 24.1 Å². The van der Waals surface area contributed by atoms with Crippen molar-refractivity contribution >= 4 is 17.0 Å². The number of rotatable bonds is 2. The SMILES string of the molecule is Nc1ncnc2c1ncn2[C@H]1[C@@H](O)C(O)[C@@H](CO)C1(F)F. The van der Waals surface area contributed by atoms with Crippen LogP contribution in [0, 0.1) is 5.92 Å². The predicted octanol–water partition coefficient (Wildman–Crippen LogP) is -1.07. The number of halogens is 2. The van der Waals surface area contributed by atoms with Gasteiger partial charge in [0.2, 0.25) is 0 Å². The molecule has 1 saturated carbocycles. The summed E-state index contributed by atoms with van der Waals surface area (Å²) < 4.78 is 29.7. The molecule has 1 aliphatic carbocycles. The molecule has 1 fully saturated rings. The number of fused-ring (bicyclic) bond motifs is 1. The molecule has 4 atom stereocenters. The van der Waals surface area contributed by atoms with Crippen LogP contribution in [0.5, 0.6) is 0 Å². The van der Waals surface area contributed by atoms with Gasteiger partial charge in [0.05, 0.1) is 25.0 Å². The van der Waals surface area contributed by atoms with Gasteiger partial charge in [-0.1, -0.05) is 0 Å². The van der Waals surface area contributed by atoms with Crippen molar-refractivity contribution in [2.75, 3.05) is 12.3 Å². The summed E-state index contributed by atoms with van der Waals surface area (Å²) in [5.41, 5.74) is 5.74. The van der Waals surface area contributed by atoms with Gasteiger partial charge in [-0.05, 0) is 0 Å². The Kier molecular flexibility index (Phi) is 3.04. The normalized spacial score (nSPS) is 31.9. The van der Waals surface area contributed by atoms with Crippen molar-refractivity contribution in [1.82, 2.24) is 19.5 Å². The zero-order valence-corrected chi connectivity index (χ0v) is 10.6. The van der Waals surface area contributed by atoms with Crippen molar-refractivity contribution in [2.45, 2.75) is 24.2 Å². The van der Waals surface area contributed by atoms with E-state index in [-0.39, 0.29) is 17.0 Å². The number of aliphatic hydroxyl groups excluding tert-OH is 3. The smallest absolute Gasteiger partial charge is 0.278 e. The van der Waals surface area contributed by atoms with Crippen LogP contribution in [-0.2, 0) is 0 Å². The van der Waals surface area contributed by atoms with Crippen LogP contribution in [0.15, 0.2) is 12.7 Å². The molecule has 0 spiro atoms. The molecule has 21 heavy (non-hydrogen) atoms. The molecule has 0 bridgehead atoms. The number of nitrogens with two attached hydrogens (primary N) is 1. The lowest BCUT2D eigenvalue weighted by atomic mass is 10.0. The van der Waals surface area contributed by atoms with Gasteiger partial charge in [0.15, 0.2) is 11.5 Å². The summed E-state index contributed by atoms with van der Waals surface area (Å²) in [7, 11) is 0. The summed E-state index contributed by atoms with van der Waals surface area (Å²) >= 11 is 0. The van der Waals surface area contributed by atoms with E-state index < -0.39 is 36.7 Å². The zero-order chi connectivity index (χ0) is 15.4. The summed E-state index contributed by atoms with van der Waals surface area (Å²) in [5.74, 6) is -5.29. The molecular weight excluding hydrogens is 288 g/mol. The van der Waals surface area contributed by atoms with Crippen LogP contribution in [0.1, 0.15) is 6.04 Å². The van der Waals surface area contributed by atoms with Gasteiger partial charge in [0.1, 0.15) is 24.0 Å². The molecule has 114 valence electrons. The number of aromatic nitrogens is 4. The first-order valence-corrected chi connectivity index (χ1v) is 6.17. The molecule has 0 radical (unpaired) electrons. The minimum Gasteiger partial charge on any atom is -0.396 e. The van der Waals surface area contributed by atoms with Crippen LogP contribution >= 0.6 is 0 Å². The van der Waals surface area contributed by atoms with Crippen LogP contribution in [0.2, 0.25) is 0 Å². The van der Waals surface area contributed by atoms with Gasteiger partial charge < -0.3 is 25.6 Å². The van der Waals surface area contributed by atoms with Crippen molar-refractivity contribution in [2.24, 2.45) is 5.92 Å². The van der Waals surface area contributed by atoms with E-state index in [0.717, 1.165) is 17.2 Å². The van der Waals surface area contributed by atoms with Crippen LogP contribution < -0.4 is 5.73 Å². The fourth-order valence-corrected chi connectivity index (χ4v) is 2.75. The Balaban J connectivity index is 2.16. The van der Waals surface area contributed by atoms with E-state index in [4.69, 9.17) is 10.8 Å². The van der Waals surface area contributed by atoms with E-state index in [1.165, 1.54) is 0 Å². The molecule has 8 nitrogen and oxygen atoms in total. The van der Waals surface area contributed by atoms with Crippen molar-refractivity contribution in [3.63, 3.8) is 0 Å². The molecule has 0 amide bonds.